The number of carbonyl (C=O) groups is 1. The minimum absolute atomic E-state index is 0.0528. The number of thiophene rings is 1. The molecule has 5 heteroatoms. The van der Waals surface area contributed by atoms with Crippen molar-refractivity contribution in [2.45, 2.75) is 19.5 Å². The van der Waals surface area contributed by atoms with E-state index in [0.29, 0.717) is 0 Å². The van der Waals surface area contributed by atoms with Gasteiger partial charge in [0.15, 0.2) is 0 Å². The molecule has 2 rings (SSSR count). The Labute approximate surface area is 113 Å². The average molecular weight is 267 g/mol. The van der Waals surface area contributed by atoms with Crippen LogP contribution in [0.1, 0.15) is 12.5 Å². The lowest BCUT2D eigenvalue weighted by molar-refractivity contribution is -0.136. The molecule has 0 radical (unpaired) electrons. The molecule has 4 nitrogen and oxygen atoms in total. The molecule has 1 N–H and O–H groups in total. The van der Waals surface area contributed by atoms with Gasteiger partial charge in [-0.25, -0.2) is 0 Å². The van der Waals surface area contributed by atoms with Gasteiger partial charge in [-0.15, -0.1) is 0 Å². The van der Waals surface area contributed by atoms with E-state index in [4.69, 9.17) is 0 Å². The Bertz CT molecular complexity index is 374. The number of rotatable bonds is 4. The first-order valence-electron chi connectivity index (χ1n) is 6.39. The van der Waals surface area contributed by atoms with Crippen molar-refractivity contribution in [2.75, 3.05) is 33.2 Å². The molecular weight excluding hydrogens is 246 g/mol. The standard InChI is InChI=1S/C13H21N3OS/c1-11(13(17)16-6-4-14-5-7-16)15(2)9-12-3-8-18-10-12/h3,8,10-11,14H,4-7,9H2,1-2H3. The van der Waals surface area contributed by atoms with Crippen molar-refractivity contribution in [3.8, 4) is 0 Å². The van der Waals surface area contributed by atoms with Gasteiger partial charge < -0.3 is 10.2 Å². The zero-order valence-corrected chi connectivity index (χ0v) is 11.9. The minimum Gasteiger partial charge on any atom is -0.339 e. The second-order valence-corrected chi connectivity index (χ2v) is 5.58. The number of hydrogen-bond donors (Lipinski definition) is 1. The normalized spacial score (nSPS) is 18.1. The Hall–Kier alpha value is -0.910. The fourth-order valence-electron chi connectivity index (χ4n) is 2.15. The Morgan fingerprint density at radius 2 is 2.28 bits per heavy atom. The fourth-order valence-corrected chi connectivity index (χ4v) is 2.81. The van der Waals surface area contributed by atoms with Crippen LogP contribution in [0.3, 0.4) is 0 Å². The van der Waals surface area contributed by atoms with E-state index >= 15 is 0 Å². The van der Waals surface area contributed by atoms with Crippen molar-refractivity contribution < 1.29 is 4.79 Å². The molecule has 1 aliphatic heterocycles. The minimum atomic E-state index is -0.0528. The largest absolute Gasteiger partial charge is 0.339 e. The number of piperazine rings is 1. The number of nitrogens with zero attached hydrogens (tertiary/aromatic N) is 2. The van der Waals surface area contributed by atoms with Crippen molar-refractivity contribution in [2.24, 2.45) is 0 Å². The molecule has 18 heavy (non-hydrogen) atoms. The van der Waals surface area contributed by atoms with Gasteiger partial charge in [-0.2, -0.15) is 11.3 Å². The number of likely N-dealkylation sites (N-methyl/N-ethyl adjacent to an activating group) is 1. The molecular formula is C13H21N3OS. The van der Waals surface area contributed by atoms with E-state index in [1.54, 1.807) is 11.3 Å². The Morgan fingerprint density at radius 3 is 2.89 bits per heavy atom. The van der Waals surface area contributed by atoms with Crippen LogP contribution < -0.4 is 5.32 Å². The summed E-state index contributed by atoms with van der Waals surface area (Å²) in [4.78, 5) is 16.4. The van der Waals surface area contributed by atoms with Crippen LogP contribution in [0.2, 0.25) is 0 Å². The third-order valence-corrected chi connectivity index (χ3v) is 4.19. The van der Waals surface area contributed by atoms with E-state index < -0.39 is 0 Å². The molecule has 1 atom stereocenters. The summed E-state index contributed by atoms with van der Waals surface area (Å²) < 4.78 is 0. The van der Waals surface area contributed by atoms with Crippen molar-refractivity contribution in [3.05, 3.63) is 22.4 Å². The Balaban J connectivity index is 1.88. The summed E-state index contributed by atoms with van der Waals surface area (Å²) in [6, 6.07) is 2.06. The number of hydrogen-bond acceptors (Lipinski definition) is 4. The second-order valence-electron chi connectivity index (χ2n) is 4.80. The van der Waals surface area contributed by atoms with Crippen molar-refractivity contribution in [1.29, 1.82) is 0 Å². The van der Waals surface area contributed by atoms with Crippen LogP contribution in [-0.2, 0) is 11.3 Å². The number of nitrogens with one attached hydrogen (secondary N) is 1. The van der Waals surface area contributed by atoms with Gasteiger partial charge in [-0.3, -0.25) is 9.69 Å². The van der Waals surface area contributed by atoms with Gasteiger partial charge in [0.25, 0.3) is 0 Å². The van der Waals surface area contributed by atoms with E-state index in [9.17, 15) is 4.79 Å². The molecule has 1 fully saturated rings. The van der Waals surface area contributed by atoms with Crippen LogP contribution in [0.25, 0.3) is 0 Å². The SMILES string of the molecule is CC(C(=O)N1CCNCC1)N(C)Cc1ccsc1. The van der Waals surface area contributed by atoms with Crippen LogP contribution in [0.5, 0.6) is 0 Å². The fraction of sp³-hybridized carbons (Fsp3) is 0.615. The van der Waals surface area contributed by atoms with Crippen molar-refractivity contribution in [3.63, 3.8) is 0 Å². The zero-order valence-electron chi connectivity index (χ0n) is 11.1. The quantitative estimate of drug-likeness (QED) is 0.884. The first kappa shape index (κ1) is 13.5. The molecule has 1 aromatic heterocycles. The first-order valence-corrected chi connectivity index (χ1v) is 7.33. The number of carbonyl (C=O) groups excluding carboxylic acids is 1. The highest BCUT2D eigenvalue weighted by molar-refractivity contribution is 7.07. The van der Waals surface area contributed by atoms with Gasteiger partial charge in [0.1, 0.15) is 0 Å². The highest BCUT2D eigenvalue weighted by Crippen LogP contribution is 2.11. The zero-order chi connectivity index (χ0) is 13.0. The summed E-state index contributed by atoms with van der Waals surface area (Å²) in [5.41, 5.74) is 1.28. The molecule has 0 saturated carbocycles. The van der Waals surface area contributed by atoms with Gasteiger partial charge in [0, 0.05) is 32.7 Å². The molecule has 0 aliphatic carbocycles. The maximum absolute atomic E-state index is 12.3. The van der Waals surface area contributed by atoms with Crippen LogP contribution in [0, 0.1) is 0 Å². The molecule has 100 valence electrons. The molecule has 1 amide bonds. The summed E-state index contributed by atoms with van der Waals surface area (Å²) >= 11 is 1.70. The monoisotopic (exact) mass is 267 g/mol. The van der Waals surface area contributed by atoms with E-state index in [0.717, 1.165) is 32.7 Å². The van der Waals surface area contributed by atoms with Gasteiger partial charge >= 0.3 is 0 Å². The molecule has 0 spiro atoms. The van der Waals surface area contributed by atoms with Gasteiger partial charge in [0.2, 0.25) is 5.91 Å². The summed E-state index contributed by atoms with van der Waals surface area (Å²) in [5, 5.41) is 7.48. The summed E-state index contributed by atoms with van der Waals surface area (Å²) in [6.07, 6.45) is 0. The molecule has 1 aromatic rings. The third-order valence-electron chi connectivity index (χ3n) is 3.46. The highest BCUT2D eigenvalue weighted by atomic mass is 32.1. The predicted molar refractivity (Wildman–Crippen MR) is 74.7 cm³/mol. The lowest BCUT2D eigenvalue weighted by Crippen LogP contribution is -2.52. The second kappa shape index (κ2) is 6.31. The van der Waals surface area contributed by atoms with E-state index in [2.05, 4.69) is 27.0 Å². The van der Waals surface area contributed by atoms with Gasteiger partial charge in [0.05, 0.1) is 6.04 Å². The molecule has 1 aliphatic rings. The Morgan fingerprint density at radius 1 is 1.56 bits per heavy atom. The molecule has 1 saturated heterocycles. The average Bonchev–Trinajstić information content (AvgIpc) is 2.91. The van der Waals surface area contributed by atoms with Crippen LogP contribution >= 0.6 is 11.3 Å². The number of amides is 1. The summed E-state index contributed by atoms with van der Waals surface area (Å²) in [6.45, 7) is 6.31. The molecule has 0 aromatic carbocycles. The van der Waals surface area contributed by atoms with E-state index in [1.807, 2.05) is 18.9 Å². The maximum Gasteiger partial charge on any atom is 0.239 e. The smallest absolute Gasteiger partial charge is 0.239 e. The van der Waals surface area contributed by atoms with E-state index in [-0.39, 0.29) is 11.9 Å². The molecule has 2 heterocycles. The molecule has 1 unspecified atom stereocenters. The van der Waals surface area contributed by atoms with Crippen molar-refractivity contribution >= 4 is 17.2 Å². The van der Waals surface area contributed by atoms with Crippen LogP contribution in [0.4, 0.5) is 0 Å². The van der Waals surface area contributed by atoms with Crippen LogP contribution in [0.15, 0.2) is 16.8 Å². The lowest BCUT2D eigenvalue weighted by atomic mass is 10.2. The van der Waals surface area contributed by atoms with Gasteiger partial charge in [-0.05, 0) is 36.4 Å². The summed E-state index contributed by atoms with van der Waals surface area (Å²) in [7, 11) is 2.02. The Kier molecular flexibility index (Phi) is 4.74. The third kappa shape index (κ3) is 3.31. The van der Waals surface area contributed by atoms with Crippen molar-refractivity contribution in [1.82, 2.24) is 15.1 Å². The highest BCUT2D eigenvalue weighted by Gasteiger charge is 2.24. The first-order chi connectivity index (χ1) is 8.68. The predicted octanol–water partition coefficient (Wildman–Crippen LogP) is 1.00. The topological polar surface area (TPSA) is 35.6 Å². The maximum atomic E-state index is 12.3. The van der Waals surface area contributed by atoms with Gasteiger partial charge in [-0.1, -0.05) is 0 Å². The van der Waals surface area contributed by atoms with Crippen LogP contribution in [-0.4, -0.2) is 55.0 Å². The van der Waals surface area contributed by atoms with E-state index in [1.165, 1.54) is 5.56 Å². The molecule has 0 bridgehead atoms. The lowest BCUT2D eigenvalue weighted by Gasteiger charge is -2.33. The summed E-state index contributed by atoms with van der Waals surface area (Å²) in [5.74, 6) is 0.245.